The van der Waals surface area contributed by atoms with Crippen molar-refractivity contribution in [2.75, 3.05) is 0 Å². The van der Waals surface area contributed by atoms with Crippen LogP contribution in [0.25, 0.3) is 0 Å². The molecule has 4 saturated carbocycles. The summed E-state index contributed by atoms with van der Waals surface area (Å²) < 4.78 is 0. The molecule has 0 aromatic carbocycles. The molecule has 4 N–H and O–H groups in total. The Kier molecular flexibility index (Phi) is 15.6. The zero-order valence-corrected chi connectivity index (χ0v) is 21.7. The minimum Gasteiger partial charge on any atom is -0.550 e. The Bertz CT molecular complexity index is 453. The molecule has 0 aromatic heterocycles. The summed E-state index contributed by atoms with van der Waals surface area (Å²) in [5, 5.41) is 24.4. The summed E-state index contributed by atoms with van der Waals surface area (Å²) in [6, 6.07) is 3.99. The fourth-order valence-corrected chi connectivity index (χ4v) is 6.28. The predicted molar refractivity (Wildman–Crippen MR) is 131 cm³/mol. The van der Waals surface area contributed by atoms with Gasteiger partial charge in [-0.15, -0.1) is 0 Å². The van der Waals surface area contributed by atoms with Gasteiger partial charge in [0.15, 0.2) is 0 Å². The highest BCUT2D eigenvalue weighted by Crippen LogP contribution is 2.19. The summed E-state index contributed by atoms with van der Waals surface area (Å²) >= 11 is 0. The van der Waals surface area contributed by atoms with Crippen LogP contribution in [0.15, 0.2) is 0 Å². The molecule has 34 heavy (non-hydrogen) atoms. The number of carbonyl (C=O) groups excluding carboxylic acids is 2. The Morgan fingerprint density at radius 1 is 0.441 bits per heavy atom. The van der Waals surface area contributed by atoms with Crippen molar-refractivity contribution in [1.29, 1.82) is 0 Å². The molecule has 4 aliphatic rings. The zero-order chi connectivity index (χ0) is 24.4. The molecule has 198 valence electrons. The zero-order valence-electron chi connectivity index (χ0n) is 21.7. The standard InChI is InChI=1S/2C12H23N.C4H6O4/c2*1-3-7-11(8-4-1)13-12-9-5-2-6-10-12;5-3(6)1-2-4(7)8/h2*11-13H,1-10H2;1-2H2,(H,5,6)(H,7,8). The van der Waals surface area contributed by atoms with Crippen LogP contribution in [-0.2, 0) is 9.59 Å². The molecule has 0 saturated heterocycles. The highest BCUT2D eigenvalue weighted by molar-refractivity contribution is 5.72. The van der Waals surface area contributed by atoms with E-state index in [0.717, 1.165) is 24.2 Å². The number of hydrogen-bond donors (Lipinski definition) is 2. The summed E-state index contributed by atoms with van der Waals surface area (Å²) in [5.41, 5.74) is 0. The molecule has 0 aromatic rings. The van der Waals surface area contributed by atoms with E-state index in [1.54, 1.807) is 0 Å². The smallest absolute Gasteiger partial charge is 0.0861 e. The molecule has 4 aliphatic carbocycles. The van der Waals surface area contributed by atoms with Gasteiger partial charge in [0.1, 0.15) is 0 Å². The summed E-state index contributed by atoms with van der Waals surface area (Å²) in [6.45, 7) is 0. The minimum absolute atomic E-state index is 0.470. The molecule has 6 nitrogen and oxygen atoms in total. The van der Waals surface area contributed by atoms with Gasteiger partial charge in [-0.05, 0) is 116 Å². The fourth-order valence-electron chi connectivity index (χ4n) is 6.28. The van der Waals surface area contributed by atoms with Crippen molar-refractivity contribution in [2.24, 2.45) is 0 Å². The second-order valence-corrected chi connectivity index (χ2v) is 11.2. The van der Waals surface area contributed by atoms with Crippen LogP contribution in [0.4, 0.5) is 0 Å². The topological polar surface area (TPSA) is 113 Å². The van der Waals surface area contributed by atoms with Gasteiger partial charge in [0, 0.05) is 11.9 Å². The SMILES string of the molecule is C1CCC([NH2+]C2CCCCC2)CC1.C1CCC([NH2+]C2CCCCC2)CC1.O=C([O-])CCC(=O)[O-]. The lowest BCUT2D eigenvalue weighted by molar-refractivity contribution is -0.726. The first kappa shape index (κ1) is 29.1. The quantitative estimate of drug-likeness (QED) is 0.577. The predicted octanol–water partition coefficient (Wildman–Crippen LogP) is 1.70. The van der Waals surface area contributed by atoms with Crippen molar-refractivity contribution in [2.45, 2.75) is 165 Å². The van der Waals surface area contributed by atoms with E-state index in [1.807, 2.05) is 0 Å². The van der Waals surface area contributed by atoms with Gasteiger partial charge in [-0.3, -0.25) is 0 Å². The summed E-state index contributed by atoms with van der Waals surface area (Å²) in [4.78, 5) is 19.0. The second kappa shape index (κ2) is 18.2. The maximum Gasteiger partial charge on any atom is 0.0861 e. The largest absolute Gasteiger partial charge is 0.550 e. The molecule has 0 bridgehead atoms. The lowest BCUT2D eigenvalue weighted by Crippen LogP contribution is -2.95. The Hall–Kier alpha value is -1.14. The Labute approximate surface area is 208 Å². The van der Waals surface area contributed by atoms with E-state index in [-0.39, 0.29) is 0 Å². The Balaban J connectivity index is 0.000000187. The molecule has 4 rings (SSSR count). The number of carbonyl (C=O) groups is 2. The van der Waals surface area contributed by atoms with Crippen molar-refractivity contribution >= 4 is 11.9 Å². The molecule has 0 radical (unpaired) electrons. The third-order valence-electron chi connectivity index (χ3n) is 8.22. The average Bonchev–Trinajstić information content (AvgIpc) is 2.86. The highest BCUT2D eigenvalue weighted by Gasteiger charge is 2.23. The lowest BCUT2D eigenvalue weighted by Gasteiger charge is -2.27. The molecule has 0 unspecified atom stereocenters. The van der Waals surface area contributed by atoms with Gasteiger partial charge < -0.3 is 30.4 Å². The van der Waals surface area contributed by atoms with E-state index in [2.05, 4.69) is 10.6 Å². The van der Waals surface area contributed by atoms with Crippen LogP contribution in [0, 0.1) is 0 Å². The Morgan fingerprint density at radius 2 is 0.647 bits per heavy atom. The second-order valence-electron chi connectivity index (χ2n) is 11.2. The maximum atomic E-state index is 9.50. The number of carboxylic acid groups (broad SMARTS) is 2. The normalized spacial score (nSPS) is 23.2. The molecule has 0 spiro atoms. The molecule has 0 amide bonds. The number of quaternary nitrogens is 2. The third-order valence-corrected chi connectivity index (χ3v) is 8.22. The first-order chi connectivity index (χ1) is 16.5. The van der Waals surface area contributed by atoms with Gasteiger partial charge in [0.2, 0.25) is 0 Å². The van der Waals surface area contributed by atoms with Gasteiger partial charge in [-0.1, -0.05) is 25.7 Å². The van der Waals surface area contributed by atoms with Gasteiger partial charge in [0.05, 0.1) is 24.2 Å². The number of rotatable bonds is 7. The van der Waals surface area contributed by atoms with Crippen LogP contribution in [0.5, 0.6) is 0 Å². The number of aliphatic carboxylic acids is 2. The molecule has 0 atom stereocenters. The van der Waals surface area contributed by atoms with Crippen LogP contribution in [0.1, 0.15) is 141 Å². The van der Waals surface area contributed by atoms with Crippen molar-refractivity contribution < 1.29 is 30.4 Å². The monoisotopic (exact) mass is 480 g/mol. The highest BCUT2D eigenvalue weighted by atomic mass is 16.4. The van der Waals surface area contributed by atoms with Crippen LogP contribution < -0.4 is 20.8 Å². The van der Waals surface area contributed by atoms with Crippen molar-refractivity contribution in [3.8, 4) is 0 Å². The summed E-state index contributed by atoms with van der Waals surface area (Å²) in [6.07, 6.45) is 29.0. The van der Waals surface area contributed by atoms with Crippen LogP contribution in [0.3, 0.4) is 0 Å². The van der Waals surface area contributed by atoms with E-state index in [1.165, 1.54) is 128 Å². The number of nitrogens with two attached hydrogens (primary N) is 2. The van der Waals surface area contributed by atoms with E-state index in [0.29, 0.717) is 0 Å². The molecule has 0 heterocycles. The third kappa shape index (κ3) is 14.3. The molecule has 0 aliphatic heterocycles. The van der Waals surface area contributed by atoms with Crippen molar-refractivity contribution in [3.05, 3.63) is 0 Å². The van der Waals surface area contributed by atoms with Crippen molar-refractivity contribution in [3.63, 3.8) is 0 Å². The van der Waals surface area contributed by atoms with Crippen LogP contribution >= 0.6 is 0 Å². The first-order valence-corrected chi connectivity index (χ1v) is 14.6. The van der Waals surface area contributed by atoms with E-state index < -0.39 is 24.8 Å². The molecular formula is C28H52N2O4. The summed E-state index contributed by atoms with van der Waals surface area (Å²) in [7, 11) is 0. The van der Waals surface area contributed by atoms with E-state index >= 15 is 0 Å². The first-order valence-electron chi connectivity index (χ1n) is 14.6. The average molecular weight is 481 g/mol. The minimum atomic E-state index is -1.37. The summed E-state index contributed by atoms with van der Waals surface area (Å²) in [5.74, 6) is -2.73. The van der Waals surface area contributed by atoms with E-state index in [4.69, 9.17) is 0 Å². The van der Waals surface area contributed by atoms with Crippen LogP contribution in [-0.4, -0.2) is 36.1 Å². The van der Waals surface area contributed by atoms with E-state index in [9.17, 15) is 19.8 Å². The lowest BCUT2D eigenvalue weighted by atomic mass is 9.91. The van der Waals surface area contributed by atoms with Crippen molar-refractivity contribution in [1.82, 2.24) is 0 Å². The van der Waals surface area contributed by atoms with Gasteiger partial charge in [-0.2, -0.15) is 0 Å². The molecule has 6 heteroatoms. The van der Waals surface area contributed by atoms with Gasteiger partial charge >= 0.3 is 0 Å². The fraction of sp³-hybridized carbons (Fsp3) is 0.929. The van der Waals surface area contributed by atoms with Gasteiger partial charge in [0.25, 0.3) is 0 Å². The van der Waals surface area contributed by atoms with Gasteiger partial charge in [-0.25, -0.2) is 0 Å². The maximum absolute atomic E-state index is 9.50. The Morgan fingerprint density at radius 3 is 0.824 bits per heavy atom. The van der Waals surface area contributed by atoms with Crippen LogP contribution in [0.2, 0.25) is 0 Å². The molecule has 4 fully saturated rings. The molecular weight excluding hydrogens is 428 g/mol. The number of hydrogen-bond acceptors (Lipinski definition) is 4. The number of carboxylic acids is 2.